The number of esters is 4. The Balaban J connectivity index is 1.92. The highest BCUT2D eigenvalue weighted by Gasteiger charge is 2.53. The Hall–Kier alpha value is -4.52. The summed E-state index contributed by atoms with van der Waals surface area (Å²) in [5.41, 5.74) is 0.0388. The smallest absolute Gasteiger partial charge is 0.303 e. The molecule has 0 radical (unpaired) electrons. The van der Waals surface area contributed by atoms with Crippen molar-refractivity contribution in [2.75, 3.05) is 6.61 Å². The molecule has 5 atom stereocenters. The molecule has 0 unspecified atom stereocenters. The van der Waals surface area contributed by atoms with Crippen molar-refractivity contribution in [1.82, 2.24) is 0 Å². The summed E-state index contributed by atoms with van der Waals surface area (Å²) in [7, 11) is 0. The van der Waals surface area contributed by atoms with E-state index < -0.39 is 78.5 Å². The molecule has 0 aromatic heterocycles. The van der Waals surface area contributed by atoms with E-state index in [2.05, 4.69) is 0 Å². The lowest BCUT2D eigenvalue weighted by molar-refractivity contribution is -0.288. The van der Waals surface area contributed by atoms with Gasteiger partial charge in [0.15, 0.2) is 18.0 Å². The minimum atomic E-state index is -1.53. The van der Waals surface area contributed by atoms with Gasteiger partial charge in [-0.2, -0.15) is 0 Å². The predicted octanol–water partition coefficient (Wildman–Crippen LogP) is 2.42. The fourth-order valence-corrected chi connectivity index (χ4v) is 4.15. The number of hydrogen-bond acceptors (Lipinski definition) is 12. The van der Waals surface area contributed by atoms with E-state index in [1.54, 1.807) is 6.07 Å². The first-order chi connectivity index (χ1) is 19.3. The number of carbonyl (C=O) groups excluding carboxylic acids is 5. The van der Waals surface area contributed by atoms with Crippen molar-refractivity contribution in [2.45, 2.75) is 64.8 Å². The van der Waals surface area contributed by atoms with Gasteiger partial charge >= 0.3 is 23.9 Å². The van der Waals surface area contributed by atoms with Gasteiger partial charge in [0.05, 0.1) is 5.56 Å². The van der Waals surface area contributed by atoms with Crippen LogP contribution in [0.2, 0.25) is 0 Å². The second-order valence-corrected chi connectivity index (χ2v) is 9.06. The van der Waals surface area contributed by atoms with Gasteiger partial charge in [0.25, 0.3) is 0 Å². The first-order valence-electron chi connectivity index (χ1n) is 12.4. The van der Waals surface area contributed by atoms with Crippen LogP contribution in [0.3, 0.4) is 0 Å². The fraction of sp³-hybridized carbons (Fsp3) is 0.393. The van der Waals surface area contributed by atoms with Crippen molar-refractivity contribution in [1.29, 1.82) is 0 Å². The van der Waals surface area contributed by atoms with E-state index in [1.807, 2.05) is 0 Å². The molecule has 0 saturated carbocycles. The van der Waals surface area contributed by atoms with Crippen molar-refractivity contribution >= 4 is 29.7 Å². The zero-order chi connectivity index (χ0) is 30.3. The van der Waals surface area contributed by atoms with Crippen LogP contribution in [0.4, 0.5) is 4.39 Å². The third kappa shape index (κ3) is 8.48. The monoisotopic (exact) mass is 576 g/mol. The molecule has 1 aliphatic heterocycles. The third-order valence-electron chi connectivity index (χ3n) is 5.78. The molecule has 1 heterocycles. The maximum Gasteiger partial charge on any atom is 0.303 e. The minimum Gasteiger partial charge on any atom is -0.507 e. The summed E-state index contributed by atoms with van der Waals surface area (Å²) in [4.78, 5) is 59.9. The van der Waals surface area contributed by atoms with Crippen LogP contribution in [0, 0.1) is 5.82 Å². The zero-order valence-corrected chi connectivity index (χ0v) is 22.7. The fourth-order valence-electron chi connectivity index (χ4n) is 4.15. The Bertz CT molecular complexity index is 1310. The van der Waals surface area contributed by atoms with E-state index in [4.69, 9.17) is 28.4 Å². The third-order valence-corrected chi connectivity index (χ3v) is 5.78. The minimum absolute atomic E-state index is 0.0640. The molecule has 1 fully saturated rings. The molecule has 220 valence electrons. The first-order valence-corrected chi connectivity index (χ1v) is 12.4. The van der Waals surface area contributed by atoms with Gasteiger partial charge in [-0.25, -0.2) is 4.39 Å². The van der Waals surface area contributed by atoms with Crippen LogP contribution >= 0.6 is 0 Å². The van der Waals surface area contributed by atoms with Gasteiger partial charge in [0.2, 0.25) is 12.4 Å². The molecule has 2 aromatic rings. The van der Waals surface area contributed by atoms with Gasteiger partial charge in [0, 0.05) is 40.2 Å². The van der Waals surface area contributed by atoms with Crippen molar-refractivity contribution in [3.63, 3.8) is 0 Å². The number of Topliss-reactive ketones (excluding diaryl/α,β-unsaturated/α-hetero) is 1. The molecule has 2 aromatic carbocycles. The molecule has 0 bridgehead atoms. The van der Waals surface area contributed by atoms with Crippen LogP contribution in [0.5, 0.6) is 11.5 Å². The Kier molecular flexibility index (Phi) is 10.4. The highest BCUT2D eigenvalue weighted by atomic mass is 19.1. The lowest BCUT2D eigenvalue weighted by Gasteiger charge is -2.43. The van der Waals surface area contributed by atoms with Gasteiger partial charge in [-0.15, -0.1) is 0 Å². The maximum atomic E-state index is 14.0. The molecule has 0 spiro atoms. The molecule has 3 rings (SSSR count). The van der Waals surface area contributed by atoms with Gasteiger partial charge in [-0.3, -0.25) is 24.0 Å². The molecule has 12 nitrogen and oxygen atoms in total. The first kappa shape index (κ1) is 31.0. The van der Waals surface area contributed by atoms with E-state index >= 15 is 0 Å². The quantitative estimate of drug-likeness (QED) is 0.250. The van der Waals surface area contributed by atoms with E-state index in [9.17, 15) is 33.5 Å². The number of phenols is 1. The van der Waals surface area contributed by atoms with E-state index in [-0.39, 0.29) is 23.3 Å². The number of halogens is 1. The van der Waals surface area contributed by atoms with Crippen LogP contribution in [0.25, 0.3) is 0 Å². The summed E-state index contributed by atoms with van der Waals surface area (Å²) in [6.07, 6.45) is -7.38. The number of ketones is 1. The standard InChI is InChI=1S/C28H29FO12/c1-14(30)36-13-24-25(37-15(2)31)26(38-16(3)32)27(39-17(4)33)28(41-24)40-19-9-10-20(23(35)12-19)22(34)11-18-7-5-6-8-21(18)29/h5-10,12,24-28,35H,11,13H2,1-4H3/t24-,25-,26+,27+,28+/m1/s1. The molecule has 0 aliphatic carbocycles. The Labute approximate surface area is 234 Å². The van der Waals surface area contributed by atoms with Gasteiger partial charge < -0.3 is 33.5 Å². The van der Waals surface area contributed by atoms with Crippen molar-refractivity contribution < 1.29 is 61.9 Å². The van der Waals surface area contributed by atoms with Crippen molar-refractivity contribution in [3.05, 3.63) is 59.4 Å². The number of ether oxygens (including phenoxy) is 6. The largest absolute Gasteiger partial charge is 0.507 e. The van der Waals surface area contributed by atoms with Crippen molar-refractivity contribution in [2.24, 2.45) is 0 Å². The second-order valence-electron chi connectivity index (χ2n) is 9.06. The number of rotatable bonds is 10. The lowest BCUT2D eigenvalue weighted by Crippen LogP contribution is -2.63. The molecule has 1 N–H and O–H groups in total. The topological polar surface area (TPSA) is 161 Å². The predicted molar refractivity (Wildman–Crippen MR) is 135 cm³/mol. The Morgan fingerprint density at radius 3 is 2.02 bits per heavy atom. The Morgan fingerprint density at radius 1 is 0.829 bits per heavy atom. The second kappa shape index (κ2) is 13.7. The molecule has 1 saturated heterocycles. The summed E-state index contributed by atoms with van der Waals surface area (Å²) in [5, 5.41) is 10.6. The summed E-state index contributed by atoms with van der Waals surface area (Å²) < 4.78 is 46.6. The van der Waals surface area contributed by atoms with Crippen LogP contribution in [-0.2, 0) is 49.3 Å². The summed E-state index contributed by atoms with van der Waals surface area (Å²) in [5.74, 6) is -4.78. The number of aromatic hydroxyl groups is 1. The maximum absolute atomic E-state index is 14.0. The number of phenolic OH excluding ortho intramolecular Hbond substituents is 1. The summed E-state index contributed by atoms with van der Waals surface area (Å²) in [6.45, 7) is 3.94. The Morgan fingerprint density at radius 2 is 1.44 bits per heavy atom. The molecule has 1 aliphatic rings. The zero-order valence-electron chi connectivity index (χ0n) is 22.7. The lowest BCUT2D eigenvalue weighted by atomic mass is 9.98. The van der Waals surface area contributed by atoms with Crippen molar-refractivity contribution in [3.8, 4) is 11.5 Å². The molecule has 0 amide bonds. The van der Waals surface area contributed by atoms with Crippen LogP contribution < -0.4 is 4.74 Å². The summed E-state index contributed by atoms with van der Waals surface area (Å²) in [6, 6.07) is 9.38. The molecule has 41 heavy (non-hydrogen) atoms. The molecular formula is C28H29FO12. The van der Waals surface area contributed by atoms with Gasteiger partial charge in [-0.1, -0.05) is 18.2 Å². The van der Waals surface area contributed by atoms with Gasteiger partial charge in [0.1, 0.15) is 30.0 Å². The number of benzene rings is 2. The van der Waals surface area contributed by atoms with Crippen LogP contribution in [-0.4, -0.2) is 72.1 Å². The number of hydrogen-bond donors (Lipinski definition) is 1. The molecule has 13 heteroatoms. The van der Waals surface area contributed by atoms with E-state index in [1.165, 1.54) is 30.3 Å². The van der Waals surface area contributed by atoms with Gasteiger partial charge in [-0.05, 0) is 23.8 Å². The van der Waals surface area contributed by atoms with E-state index in [0.29, 0.717) is 0 Å². The summed E-state index contributed by atoms with van der Waals surface area (Å²) >= 11 is 0. The number of carbonyl (C=O) groups is 5. The SMILES string of the molecule is CC(=O)OC[C@H]1O[C@H](Oc2ccc(C(=O)Cc3ccccc3F)c(O)c2)[C@@H](OC(C)=O)[C@@H](OC(C)=O)[C@@H]1OC(C)=O. The average molecular weight is 577 g/mol. The van der Waals surface area contributed by atoms with E-state index in [0.717, 1.165) is 33.8 Å². The van der Waals surface area contributed by atoms with Crippen LogP contribution in [0.15, 0.2) is 42.5 Å². The highest BCUT2D eigenvalue weighted by molar-refractivity contribution is 6.00. The highest BCUT2D eigenvalue weighted by Crippen LogP contribution is 2.33. The molecular weight excluding hydrogens is 547 g/mol. The van der Waals surface area contributed by atoms with Crippen LogP contribution in [0.1, 0.15) is 43.6 Å². The normalized spacial score (nSPS) is 21.7. The average Bonchev–Trinajstić information content (AvgIpc) is 2.87.